The number of rotatable bonds is 1. The first-order valence-electron chi connectivity index (χ1n) is 5.79. The molecule has 15 heavy (non-hydrogen) atoms. The van der Waals surface area contributed by atoms with Crippen LogP contribution in [0, 0.1) is 0 Å². The van der Waals surface area contributed by atoms with Gasteiger partial charge in [-0.15, -0.1) is 0 Å². The normalized spacial score (nSPS) is 23.1. The Balaban J connectivity index is 2.42. The third-order valence-corrected chi connectivity index (χ3v) is 13.6. The van der Waals surface area contributed by atoms with Crippen molar-refractivity contribution in [1.29, 1.82) is 0 Å². The van der Waals surface area contributed by atoms with Crippen molar-refractivity contribution in [1.82, 2.24) is 0 Å². The average molecular weight is 235 g/mol. The second-order valence-corrected chi connectivity index (χ2v) is 15.4. The van der Waals surface area contributed by atoms with E-state index in [1.807, 2.05) is 0 Å². The van der Waals surface area contributed by atoms with Gasteiger partial charge in [0.05, 0.1) is 0 Å². The Bertz CT molecular complexity index is 330. The van der Waals surface area contributed by atoms with Gasteiger partial charge >= 0.3 is 0 Å². The number of anilines is 1. The van der Waals surface area contributed by atoms with Crippen LogP contribution < -0.4 is 4.23 Å². The van der Waals surface area contributed by atoms with Gasteiger partial charge in [0.15, 0.2) is 0 Å². The van der Waals surface area contributed by atoms with Crippen LogP contribution in [0.2, 0.25) is 38.3 Å². The summed E-state index contributed by atoms with van der Waals surface area (Å²) in [6, 6.07) is 14.0. The van der Waals surface area contributed by atoms with Gasteiger partial charge in [0.25, 0.3) is 0 Å². The molecule has 0 aromatic heterocycles. The minimum absolute atomic E-state index is 1.15. The maximum absolute atomic E-state index is 2.85. The zero-order valence-corrected chi connectivity index (χ0v) is 12.2. The fraction of sp³-hybridized carbons (Fsp3) is 0.500. The molecule has 0 amide bonds. The van der Waals surface area contributed by atoms with Gasteiger partial charge in [-0.2, -0.15) is 0 Å². The standard InChI is InChI=1S/C12H21NSi2/c1-14(2)10-11-15(3,4)13(14)12-8-6-5-7-9-12/h5-9H,10-11H2,1-4H3. The molecule has 1 aromatic rings. The Morgan fingerprint density at radius 1 is 0.867 bits per heavy atom. The van der Waals surface area contributed by atoms with Gasteiger partial charge in [0.1, 0.15) is 16.5 Å². The highest BCUT2D eigenvalue weighted by atomic mass is 28.4. The summed E-state index contributed by atoms with van der Waals surface area (Å²) in [5.41, 5.74) is 1.48. The summed E-state index contributed by atoms with van der Waals surface area (Å²) in [7, 11) is -2.30. The first kappa shape index (κ1) is 11.0. The number of nitrogens with zero attached hydrogens (tertiary/aromatic N) is 1. The summed E-state index contributed by atoms with van der Waals surface area (Å²) in [5.74, 6) is 0. The van der Waals surface area contributed by atoms with E-state index in [2.05, 4.69) is 60.8 Å². The van der Waals surface area contributed by atoms with Crippen molar-refractivity contribution in [2.75, 3.05) is 4.23 Å². The molecule has 0 aliphatic carbocycles. The van der Waals surface area contributed by atoms with Gasteiger partial charge in [-0.05, 0) is 24.2 Å². The maximum atomic E-state index is 2.85. The molecule has 0 bridgehead atoms. The number of hydrogen-bond donors (Lipinski definition) is 0. The van der Waals surface area contributed by atoms with Crippen LogP contribution in [0.5, 0.6) is 0 Å². The third kappa shape index (κ3) is 1.90. The van der Waals surface area contributed by atoms with Crippen LogP contribution >= 0.6 is 0 Å². The quantitative estimate of drug-likeness (QED) is 0.667. The van der Waals surface area contributed by atoms with E-state index < -0.39 is 16.5 Å². The smallest absolute Gasteiger partial charge is 0.141 e. The van der Waals surface area contributed by atoms with Gasteiger partial charge in [-0.1, -0.05) is 44.4 Å². The molecule has 1 heterocycles. The molecule has 0 saturated carbocycles. The van der Waals surface area contributed by atoms with E-state index in [9.17, 15) is 0 Å². The third-order valence-electron chi connectivity index (χ3n) is 3.57. The predicted octanol–water partition coefficient (Wildman–Crippen LogP) is 3.92. The highest BCUT2D eigenvalue weighted by Gasteiger charge is 2.47. The van der Waals surface area contributed by atoms with Gasteiger partial charge < -0.3 is 4.23 Å². The Labute approximate surface area is 95.3 Å². The SMILES string of the molecule is C[Si]1(C)CC[Si](C)(C)N1c1ccccc1. The zero-order valence-electron chi connectivity index (χ0n) is 10.2. The van der Waals surface area contributed by atoms with Crippen molar-refractivity contribution in [2.45, 2.75) is 38.3 Å². The second-order valence-electron chi connectivity index (χ2n) is 5.80. The van der Waals surface area contributed by atoms with Crippen molar-refractivity contribution in [2.24, 2.45) is 0 Å². The summed E-state index contributed by atoms with van der Waals surface area (Å²) >= 11 is 0. The molecule has 1 aliphatic heterocycles. The molecule has 3 heteroatoms. The highest BCUT2D eigenvalue weighted by molar-refractivity contribution is 7.04. The van der Waals surface area contributed by atoms with E-state index in [-0.39, 0.29) is 0 Å². The van der Waals surface area contributed by atoms with Crippen LogP contribution in [-0.2, 0) is 0 Å². The number of para-hydroxylation sites is 1. The van der Waals surface area contributed by atoms with Crippen molar-refractivity contribution >= 4 is 22.2 Å². The molecule has 0 atom stereocenters. The Morgan fingerprint density at radius 3 is 1.80 bits per heavy atom. The molecular formula is C12H21NSi2. The first-order chi connectivity index (χ1) is 6.93. The molecule has 1 aromatic carbocycles. The van der Waals surface area contributed by atoms with Crippen LogP contribution in [-0.4, -0.2) is 16.5 Å². The molecule has 1 fully saturated rings. The molecule has 1 saturated heterocycles. The van der Waals surface area contributed by atoms with Crippen molar-refractivity contribution in [3.05, 3.63) is 30.3 Å². The largest absolute Gasteiger partial charge is 0.424 e. The fourth-order valence-electron chi connectivity index (χ4n) is 2.93. The van der Waals surface area contributed by atoms with E-state index in [4.69, 9.17) is 0 Å². The molecule has 2 rings (SSSR count). The van der Waals surface area contributed by atoms with Gasteiger partial charge in [0, 0.05) is 5.69 Å². The van der Waals surface area contributed by atoms with Crippen LogP contribution in [0.4, 0.5) is 5.69 Å². The van der Waals surface area contributed by atoms with Gasteiger partial charge in [-0.25, -0.2) is 0 Å². The van der Waals surface area contributed by atoms with Gasteiger partial charge in [0.2, 0.25) is 0 Å². The topological polar surface area (TPSA) is 3.24 Å². The van der Waals surface area contributed by atoms with Crippen LogP contribution in [0.25, 0.3) is 0 Å². The lowest BCUT2D eigenvalue weighted by Crippen LogP contribution is -2.55. The molecule has 0 spiro atoms. The van der Waals surface area contributed by atoms with Gasteiger partial charge in [-0.3, -0.25) is 0 Å². The summed E-state index contributed by atoms with van der Waals surface area (Å²) in [5, 5.41) is 0. The van der Waals surface area contributed by atoms with E-state index in [1.54, 1.807) is 0 Å². The Hall–Kier alpha value is -0.546. The lowest BCUT2D eigenvalue weighted by atomic mass is 10.3. The average Bonchev–Trinajstić information content (AvgIpc) is 2.37. The number of benzene rings is 1. The lowest BCUT2D eigenvalue weighted by molar-refractivity contribution is 1.35. The molecule has 82 valence electrons. The molecule has 1 nitrogen and oxygen atoms in total. The van der Waals surface area contributed by atoms with Crippen LogP contribution in [0.15, 0.2) is 30.3 Å². The second kappa shape index (κ2) is 3.49. The number of hydrogen-bond acceptors (Lipinski definition) is 1. The van der Waals surface area contributed by atoms with Crippen molar-refractivity contribution in [3.63, 3.8) is 0 Å². The molecule has 1 aliphatic rings. The lowest BCUT2D eigenvalue weighted by Gasteiger charge is -2.41. The summed E-state index contributed by atoms with van der Waals surface area (Å²) in [6.07, 6.45) is 0. The van der Waals surface area contributed by atoms with E-state index in [0.717, 1.165) is 0 Å². The Morgan fingerprint density at radius 2 is 1.33 bits per heavy atom. The minimum atomic E-state index is -1.15. The maximum Gasteiger partial charge on any atom is 0.141 e. The predicted molar refractivity (Wildman–Crippen MR) is 73.5 cm³/mol. The zero-order chi connectivity index (χ0) is 11.1. The molecular weight excluding hydrogens is 214 g/mol. The summed E-state index contributed by atoms with van der Waals surface area (Å²) in [6.45, 7) is 10.1. The van der Waals surface area contributed by atoms with Crippen LogP contribution in [0.3, 0.4) is 0 Å². The molecule has 0 radical (unpaired) electrons. The Kier molecular flexibility index (Phi) is 2.55. The van der Waals surface area contributed by atoms with E-state index >= 15 is 0 Å². The van der Waals surface area contributed by atoms with E-state index in [1.165, 1.54) is 17.8 Å². The van der Waals surface area contributed by atoms with Crippen molar-refractivity contribution in [3.8, 4) is 0 Å². The summed E-state index contributed by atoms with van der Waals surface area (Å²) < 4.78 is 2.85. The first-order valence-corrected chi connectivity index (χ1v) is 12.1. The van der Waals surface area contributed by atoms with E-state index in [0.29, 0.717) is 0 Å². The van der Waals surface area contributed by atoms with Crippen molar-refractivity contribution < 1.29 is 0 Å². The minimum Gasteiger partial charge on any atom is -0.424 e. The fourth-order valence-corrected chi connectivity index (χ4v) is 17.2. The molecule has 0 N–H and O–H groups in total. The monoisotopic (exact) mass is 235 g/mol. The summed E-state index contributed by atoms with van der Waals surface area (Å²) in [4.78, 5) is 0. The highest BCUT2D eigenvalue weighted by Crippen LogP contribution is 2.40. The molecule has 0 unspecified atom stereocenters. The van der Waals surface area contributed by atoms with Crippen LogP contribution in [0.1, 0.15) is 0 Å².